The van der Waals surface area contributed by atoms with E-state index < -0.39 is 0 Å². The topological polar surface area (TPSA) is 66.9 Å². The predicted molar refractivity (Wildman–Crippen MR) is 81.3 cm³/mol. The number of nitrogens with zero attached hydrogens (tertiary/aromatic N) is 2. The number of hydrogen-bond donors (Lipinski definition) is 2. The fourth-order valence-electron chi connectivity index (χ4n) is 1.53. The summed E-state index contributed by atoms with van der Waals surface area (Å²) in [6, 6.07) is 1.62. The quantitative estimate of drug-likeness (QED) is 0.861. The lowest BCUT2D eigenvalue weighted by Gasteiger charge is -2.08. The normalized spacial score (nSPS) is 10.3. The molecule has 2 aromatic rings. The first-order valence-corrected chi connectivity index (χ1v) is 7.51. The van der Waals surface area contributed by atoms with Crippen molar-refractivity contribution in [2.75, 3.05) is 11.9 Å². The molecule has 2 heterocycles. The van der Waals surface area contributed by atoms with Crippen LogP contribution < -0.4 is 10.6 Å². The molecule has 0 bridgehead atoms. The summed E-state index contributed by atoms with van der Waals surface area (Å²) in [5.74, 6) is 0.405. The van der Waals surface area contributed by atoms with E-state index in [1.165, 1.54) is 17.5 Å². The number of anilines is 1. The van der Waals surface area contributed by atoms with Gasteiger partial charge in [-0.3, -0.25) is 9.78 Å². The van der Waals surface area contributed by atoms with E-state index in [0.717, 1.165) is 17.8 Å². The minimum absolute atomic E-state index is 0.199. The fraction of sp³-hybridized carbons (Fsp3) is 0.308. The number of nitrogens with one attached hydrogen (secondary N) is 2. The van der Waals surface area contributed by atoms with E-state index in [4.69, 9.17) is 11.6 Å². The van der Waals surface area contributed by atoms with E-state index in [9.17, 15) is 4.79 Å². The van der Waals surface area contributed by atoms with Crippen LogP contribution in [0.15, 0.2) is 24.0 Å². The maximum atomic E-state index is 12.0. The summed E-state index contributed by atoms with van der Waals surface area (Å²) >= 11 is 7.59. The van der Waals surface area contributed by atoms with Crippen molar-refractivity contribution in [1.82, 2.24) is 15.3 Å². The summed E-state index contributed by atoms with van der Waals surface area (Å²) in [7, 11) is 0. The van der Waals surface area contributed by atoms with Gasteiger partial charge in [0.15, 0.2) is 0 Å². The predicted octanol–water partition coefficient (Wildman–Crippen LogP) is 2.94. The summed E-state index contributed by atoms with van der Waals surface area (Å²) in [4.78, 5) is 21.1. The Kier molecular flexibility index (Phi) is 5.31. The molecular weight excluding hydrogens is 296 g/mol. The molecule has 0 saturated carbocycles. The third kappa shape index (κ3) is 3.91. The van der Waals surface area contributed by atoms with Gasteiger partial charge in [-0.25, -0.2) is 4.98 Å². The molecule has 0 spiro atoms. The molecule has 0 aliphatic carbocycles. The maximum Gasteiger partial charge on any atom is 0.253 e. The number of halogens is 1. The smallest absolute Gasteiger partial charge is 0.253 e. The second kappa shape index (κ2) is 7.21. The van der Waals surface area contributed by atoms with Crippen molar-refractivity contribution in [1.29, 1.82) is 0 Å². The van der Waals surface area contributed by atoms with Gasteiger partial charge in [0, 0.05) is 23.8 Å². The van der Waals surface area contributed by atoms with Crippen LogP contribution in [-0.4, -0.2) is 22.4 Å². The van der Waals surface area contributed by atoms with Gasteiger partial charge in [0.05, 0.1) is 22.6 Å². The Balaban J connectivity index is 1.97. The average molecular weight is 311 g/mol. The van der Waals surface area contributed by atoms with Crippen molar-refractivity contribution in [3.63, 3.8) is 0 Å². The van der Waals surface area contributed by atoms with Gasteiger partial charge in [-0.15, -0.1) is 11.3 Å². The molecule has 0 radical (unpaired) electrons. The lowest BCUT2D eigenvalue weighted by atomic mass is 10.2. The van der Waals surface area contributed by atoms with Crippen LogP contribution >= 0.6 is 22.9 Å². The van der Waals surface area contributed by atoms with Crippen LogP contribution in [0.25, 0.3) is 0 Å². The zero-order valence-corrected chi connectivity index (χ0v) is 12.6. The van der Waals surface area contributed by atoms with E-state index in [1.807, 2.05) is 0 Å². The number of hydrogen-bond acceptors (Lipinski definition) is 5. The van der Waals surface area contributed by atoms with Gasteiger partial charge in [-0.1, -0.05) is 18.5 Å². The summed E-state index contributed by atoms with van der Waals surface area (Å²) in [5.41, 5.74) is 2.18. The van der Waals surface area contributed by atoms with Gasteiger partial charge in [0.2, 0.25) is 0 Å². The Hall–Kier alpha value is -1.66. The van der Waals surface area contributed by atoms with Crippen LogP contribution in [0.5, 0.6) is 0 Å². The lowest BCUT2D eigenvalue weighted by molar-refractivity contribution is 0.0951. The SMILES string of the molecule is CCCNc1ncc(C(=O)NCc2cncs2)cc1Cl. The maximum absolute atomic E-state index is 12.0. The highest BCUT2D eigenvalue weighted by Gasteiger charge is 2.09. The van der Waals surface area contributed by atoms with Gasteiger partial charge in [-0.05, 0) is 12.5 Å². The minimum Gasteiger partial charge on any atom is -0.369 e. The van der Waals surface area contributed by atoms with Gasteiger partial charge in [0.25, 0.3) is 5.91 Å². The van der Waals surface area contributed by atoms with E-state index >= 15 is 0 Å². The standard InChI is InChI=1S/C13H15ClN4OS/c1-2-3-16-12-11(14)4-9(5-17-12)13(19)18-7-10-6-15-8-20-10/h4-6,8H,2-3,7H2,1H3,(H,16,17)(H,18,19). The molecule has 0 fully saturated rings. The van der Waals surface area contributed by atoms with Crippen LogP contribution in [0, 0.1) is 0 Å². The summed E-state index contributed by atoms with van der Waals surface area (Å²) in [5, 5.41) is 6.35. The molecule has 0 aliphatic rings. The molecule has 106 valence electrons. The first kappa shape index (κ1) is 14.7. The average Bonchev–Trinajstić information content (AvgIpc) is 2.96. The number of carbonyl (C=O) groups is 1. The van der Waals surface area contributed by atoms with Gasteiger partial charge < -0.3 is 10.6 Å². The molecule has 2 rings (SSSR count). The molecule has 20 heavy (non-hydrogen) atoms. The number of amides is 1. The van der Waals surface area contributed by atoms with Crippen molar-refractivity contribution < 1.29 is 4.79 Å². The molecule has 0 atom stereocenters. The number of pyridine rings is 1. The molecule has 1 amide bonds. The van der Waals surface area contributed by atoms with Crippen molar-refractivity contribution in [3.05, 3.63) is 39.4 Å². The fourth-order valence-corrected chi connectivity index (χ4v) is 2.30. The second-order valence-electron chi connectivity index (χ2n) is 4.13. The Morgan fingerprint density at radius 1 is 1.45 bits per heavy atom. The number of aromatic nitrogens is 2. The Bertz CT molecular complexity index is 574. The Morgan fingerprint density at radius 3 is 2.95 bits per heavy atom. The van der Waals surface area contributed by atoms with Crippen molar-refractivity contribution >= 4 is 34.7 Å². The lowest BCUT2D eigenvalue weighted by Crippen LogP contribution is -2.22. The van der Waals surface area contributed by atoms with E-state index in [-0.39, 0.29) is 5.91 Å². The molecular formula is C13H15ClN4OS. The molecule has 5 nitrogen and oxygen atoms in total. The van der Waals surface area contributed by atoms with Crippen LogP contribution in [0.4, 0.5) is 5.82 Å². The van der Waals surface area contributed by atoms with E-state index in [0.29, 0.717) is 22.9 Å². The van der Waals surface area contributed by atoms with Gasteiger partial charge >= 0.3 is 0 Å². The number of rotatable bonds is 6. The molecule has 0 aromatic carbocycles. The van der Waals surface area contributed by atoms with E-state index in [2.05, 4.69) is 27.5 Å². The van der Waals surface area contributed by atoms with Crippen molar-refractivity contribution in [2.24, 2.45) is 0 Å². The summed E-state index contributed by atoms with van der Waals surface area (Å²) < 4.78 is 0. The Morgan fingerprint density at radius 2 is 2.30 bits per heavy atom. The zero-order chi connectivity index (χ0) is 14.4. The minimum atomic E-state index is -0.199. The first-order valence-electron chi connectivity index (χ1n) is 6.25. The Labute approximate surface area is 126 Å². The highest BCUT2D eigenvalue weighted by Crippen LogP contribution is 2.20. The molecule has 7 heteroatoms. The first-order chi connectivity index (χ1) is 9.70. The van der Waals surface area contributed by atoms with E-state index in [1.54, 1.807) is 17.8 Å². The molecule has 0 saturated heterocycles. The van der Waals surface area contributed by atoms with Crippen LogP contribution in [-0.2, 0) is 6.54 Å². The number of carbonyl (C=O) groups excluding carboxylic acids is 1. The summed E-state index contributed by atoms with van der Waals surface area (Å²) in [6.45, 7) is 3.31. The molecule has 0 aliphatic heterocycles. The molecule has 2 N–H and O–H groups in total. The highest BCUT2D eigenvalue weighted by molar-refractivity contribution is 7.09. The van der Waals surface area contributed by atoms with Crippen LogP contribution in [0.3, 0.4) is 0 Å². The molecule has 0 unspecified atom stereocenters. The number of thiazole rings is 1. The third-order valence-electron chi connectivity index (χ3n) is 2.55. The second-order valence-corrected chi connectivity index (χ2v) is 5.51. The van der Waals surface area contributed by atoms with Gasteiger partial charge in [-0.2, -0.15) is 0 Å². The zero-order valence-electron chi connectivity index (χ0n) is 11.0. The highest BCUT2D eigenvalue weighted by atomic mass is 35.5. The monoisotopic (exact) mass is 310 g/mol. The van der Waals surface area contributed by atoms with Gasteiger partial charge in [0.1, 0.15) is 5.82 Å². The van der Waals surface area contributed by atoms with Crippen molar-refractivity contribution in [2.45, 2.75) is 19.9 Å². The largest absolute Gasteiger partial charge is 0.369 e. The molecule has 2 aromatic heterocycles. The van der Waals surface area contributed by atoms with Crippen molar-refractivity contribution in [3.8, 4) is 0 Å². The summed E-state index contributed by atoms with van der Waals surface area (Å²) in [6.07, 6.45) is 4.23. The van der Waals surface area contributed by atoms with Crippen LogP contribution in [0.2, 0.25) is 5.02 Å². The third-order valence-corrected chi connectivity index (χ3v) is 3.62. The van der Waals surface area contributed by atoms with Crippen LogP contribution in [0.1, 0.15) is 28.6 Å².